The van der Waals surface area contributed by atoms with Crippen molar-refractivity contribution >= 4 is 11.9 Å². The van der Waals surface area contributed by atoms with Crippen LogP contribution >= 0.6 is 0 Å². The Bertz CT molecular complexity index is 213. The average molecular weight is 214 g/mol. The van der Waals surface area contributed by atoms with Gasteiger partial charge in [-0.3, -0.25) is 9.59 Å². The minimum atomic E-state index is -0.224. The maximum Gasteiger partial charge on any atom is 0.302 e. The van der Waals surface area contributed by atoms with Gasteiger partial charge in [0.25, 0.3) is 0 Å². The molecule has 0 aromatic heterocycles. The van der Waals surface area contributed by atoms with Gasteiger partial charge in [-0.05, 0) is 31.1 Å². The van der Waals surface area contributed by atoms with Crippen LogP contribution in [-0.4, -0.2) is 25.2 Å². The van der Waals surface area contributed by atoms with Gasteiger partial charge < -0.3 is 9.47 Å². The first kappa shape index (κ1) is 12.0. The molecule has 1 fully saturated rings. The second-order valence-corrected chi connectivity index (χ2v) is 4.15. The van der Waals surface area contributed by atoms with Crippen molar-refractivity contribution in [2.24, 2.45) is 11.8 Å². The molecule has 0 aromatic rings. The molecule has 2 atom stereocenters. The van der Waals surface area contributed by atoms with Crippen molar-refractivity contribution in [3.63, 3.8) is 0 Å². The monoisotopic (exact) mass is 214 g/mol. The van der Waals surface area contributed by atoms with E-state index in [4.69, 9.17) is 9.47 Å². The van der Waals surface area contributed by atoms with Gasteiger partial charge >= 0.3 is 11.9 Å². The van der Waals surface area contributed by atoms with E-state index in [2.05, 4.69) is 0 Å². The van der Waals surface area contributed by atoms with Gasteiger partial charge in [-0.15, -0.1) is 0 Å². The van der Waals surface area contributed by atoms with Crippen molar-refractivity contribution in [1.82, 2.24) is 0 Å². The van der Waals surface area contributed by atoms with Crippen LogP contribution in [0.4, 0.5) is 0 Å². The molecule has 0 spiro atoms. The van der Waals surface area contributed by atoms with Crippen LogP contribution in [0.25, 0.3) is 0 Å². The molecule has 2 unspecified atom stereocenters. The molecular weight excluding hydrogens is 196 g/mol. The smallest absolute Gasteiger partial charge is 0.302 e. The molecule has 1 rings (SSSR count). The highest BCUT2D eigenvalue weighted by Gasteiger charge is 2.26. The molecule has 86 valence electrons. The minimum absolute atomic E-state index is 0.224. The molecule has 0 aliphatic heterocycles. The zero-order chi connectivity index (χ0) is 11.3. The third-order valence-corrected chi connectivity index (χ3v) is 2.69. The summed E-state index contributed by atoms with van der Waals surface area (Å²) in [6.07, 6.45) is 3.10. The number of esters is 2. The van der Waals surface area contributed by atoms with Crippen LogP contribution in [0.1, 0.15) is 33.1 Å². The van der Waals surface area contributed by atoms with E-state index in [0.29, 0.717) is 25.0 Å². The molecule has 0 heterocycles. The predicted octanol–water partition coefficient (Wildman–Crippen LogP) is 1.53. The molecule has 0 aromatic carbocycles. The molecule has 4 heteroatoms. The molecule has 0 N–H and O–H groups in total. The van der Waals surface area contributed by atoms with Crippen LogP contribution in [0, 0.1) is 11.8 Å². The Morgan fingerprint density at radius 1 is 1.00 bits per heavy atom. The molecule has 4 nitrogen and oxygen atoms in total. The molecule has 0 bridgehead atoms. The van der Waals surface area contributed by atoms with Crippen molar-refractivity contribution in [3.05, 3.63) is 0 Å². The molecule has 15 heavy (non-hydrogen) atoms. The quantitative estimate of drug-likeness (QED) is 0.666. The van der Waals surface area contributed by atoms with Gasteiger partial charge in [0.05, 0.1) is 13.2 Å². The van der Waals surface area contributed by atoms with Gasteiger partial charge in [-0.25, -0.2) is 0 Å². The number of hydrogen-bond donors (Lipinski definition) is 0. The Balaban J connectivity index is 2.15. The first-order chi connectivity index (χ1) is 7.08. The minimum Gasteiger partial charge on any atom is -0.466 e. The second kappa shape index (κ2) is 5.73. The fraction of sp³-hybridized carbons (Fsp3) is 0.818. The first-order valence-corrected chi connectivity index (χ1v) is 5.34. The summed E-state index contributed by atoms with van der Waals surface area (Å²) in [5, 5.41) is 0. The van der Waals surface area contributed by atoms with E-state index >= 15 is 0 Å². The molecule has 0 saturated heterocycles. The SMILES string of the molecule is CC(=O)OCC1CCC(COC(C)=O)C1. The van der Waals surface area contributed by atoms with E-state index in [-0.39, 0.29) is 11.9 Å². The highest BCUT2D eigenvalue weighted by molar-refractivity contribution is 5.66. The highest BCUT2D eigenvalue weighted by atomic mass is 16.5. The largest absolute Gasteiger partial charge is 0.466 e. The van der Waals surface area contributed by atoms with Crippen LogP contribution in [0.5, 0.6) is 0 Å². The number of hydrogen-bond acceptors (Lipinski definition) is 4. The van der Waals surface area contributed by atoms with E-state index < -0.39 is 0 Å². The summed E-state index contributed by atoms with van der Waals surface area (Å²) in [4.78, 5) is 21.2. The maximum atomic E-state index is 10.6. The third-order valence-electron chi connectivity index (χ3n) is 2.69. The highest BCUT2D eigenvalue weighted by Crippen LogP contribution is 2.31. The second-order valence-electron chi connectivity index (χ2n) is 4.15. The first-order valence-electron chi connectivity index (χ1n) is 5.34. The van der Waals surface area contributed by atoms with Crippen LogP contribution in [0.15, 0.2) is 0 Å². The summed E-state index contributed by atoms with van der Waals surface area (Å²) in [5.41, 5.74) is 0. The van der Waals surface area contributed by atoms with E-state index in [1.807, 2.05) is 0 Å². The lowest BCUT2D eigenvalue weighted by Gasteiger charge is -2.11. The van der Waals surface area contributed by atoms with Gasteiger partial charge in [-0.2, -0.15) is 0 Å². The van der Waals surface area contributed by atoms with Gasteiger partial charge in [0.2, 0.25) is 0 Å². The zero-order valence-corrected chi connectivity index (χ0v) is 9.32. The van der Waals surface area contributed by atoms with Crippen LogP contribution in [0.3, 0.4) is 0 Å². The van der Waals surface area contributed by atoms with Crippen LogP contribution < -0.4 is 0 Å². The number of carbonyl (C=O) groups excluding carboxylic acids is 2. The van der Waals surface area contributed by atoms with E-state index in [0.717, 1.165) is 19.3 Å². The Morgan fingerprint density at radius 3 is 1.73 bits per heavy atom. The molecule has 0 amide bonds. The lowest BCUT2D eigenvalue weighted by atomic mass is 10.1. The average Bonchev–Trinajstić information content (AvgIpc) is 2.59. The van der Waals surface area contributed by atoms with Gasteiger partial charge in [0.1, 0.15) is 0 Å². The lowest BCUT2D eigenvalue weighted by molar-refractivity contribution is -0.142. The number of carbonyl (C=O) groups is 2. The fourth-order valence-electron chi connectivity index (χ4n) is 1.95. The van der Waals surface area contributed by atoms with Crippen molar-refractivity contribution in [1.29, 1.82) is 0 Å². The number of rotatable bonds is 4. The fourth-order valence-corrected chi connectivity index (χ4v) is 1.95. The predicted molar refractivity (Wildman–Crippen MR) is 54.1 cm³/mol. The van der Waals surface area contributed by atoms with Gasteiger partial charge in [-0.1, -0.05) is 0 Å². The summed E-state index contributed by atoms with van der Waals surface area (Å²) in [7, 11) is 0. The van der Waals surface area contributed by atoms with Crippen LogP contribution in [-0.2, 0) is 19.1 Å². The van der Waals surface area contributed by atoms with Crippen molar-refractivity contribution in [2.45, 2.75) is 33.1 Å². The Hall–Kier alpha value is -1.06. The van der Waals surface area contributed by atoms with E-state index in [9.17, 15) is 9.59 Å². The topological polar surface area (TPSA) is 52.6 Å². The van der Waals surface area contributed by atoms with E-state index in [1.165, 1.54) is 13.8 Å². The lowest BCUT2D eigenvalue weighted by Crippen LogP contribution is -2.12. The molecule has 0 radical (unpaired) electrons. The Labute approximate surface area is 89.9 Å². The van der Waals surface area contributed by atoms with Gasteiger partial charge in [0, 0.05) is 13.8 Å². The normalized spacial score (nSPS) is 24.9. The van der Waals surface area contributed by atoms with E-state index in [1.54, 1.807) is 0 Å². The van der Waals surface area contributed by atoms with Gasteiger partial charge in [0.15, 0.2) is 0 Å². The van der Waals surface area contributed by atoms with Crippen molar-refractivity contribution in [2.75, 3.05) is 13.2 Å². The summed E-state index contributed by atoms with van der Waals surface area (Å²) in [6, 6.07) is 0. The maximum absolute atomic E-state index is 10.6. The standard InChI is InChI=1S/C11H18O4/c1-8(12)14-6-10-3-4-11(5-10)7-15-9(2)13/h10-11H,3-7H2,1-2H3. The zero-order valence-electron chi connectivity index (χ0n) is 9.32. The molecule has 1 saturated carbocycles. The third kappa shape index (κ3) is 4.81. The molecule has 1 aliphatic rings. The van der Waals surface area contributed by atoms with Crippen molar-refractivity contribution < 1.29 is 19.1 Å². The summed E-state index contributed by atoms with van der Waals surface area (Å²) in [6.45, 7) is 3.86. The molecule has 1 aliphatic carbocycles. The van der Waals surface area contributed by atoms with Crippen LogP contribution in [0.2, 0.25) is 0 Å². The number of ether oxygens (including phenoxy) is 2. The summed E-state index contributed by atoms with van der Waals surface area (Å²) < 4.78 is 9.91. The molecular formula is C11H18O4. The van der Waals surface area contributed by atoms with Crippen molar-refractivity contribution in [3.8, 4) is 0 Å². The Morgan fingerprint density at radius 2 is 1.40 bits per heavy atom. The summed E-state index contributed by atoms with van der Waals surface area (Å²) >= 11 is 0. The summed E-state index contributed by atoms with van der Waals surface area (Å²) in [5.74, 6) is 0.431. The Kier molecular flexibility index (Phi) is 4.59.